The fourth-order valence-corrected chi connectivity index (χ4v) is 10.7. The molecule has 9 aromatic carbocycles. The molecule has 3 unspecified atom stereocenters. The number of anilines is 2. The molecule has 0 fully saturated rings. The molecule has 1 aliphatic carbocycles. The molecule has 0 amide bonds. The van der Waals surface area contributed by atoms with Crippen LogP contribution in [0, 0.1) is 11.8 Å². The Labute approximate surface area is 361 Å². The number of benzene rings is 9. The average molecular weight is 793 g/mol. The molecule has 1 aliphatic rings. The van der Waals surface area contributed by atoms with Crippen LogP contribution in [0.3, 0.4) is 0 Å². The SMILES string of the molecule is CC(CNC(C)(c1ccccc1)C(C)C)CC(c1ccccc1)c1ccc(Nc2cccc3c2c2ccccc2c2ccc4c(c23)-c2ccccc2C4(C)C)c2ccccc12. The predicted molar refractivity (Wildman–Crippen MR) is 262 cm³/mol. The maximum atomic E-state index is 4.05. The first-order valence-electron chi connectivity index (χ1n) is 22.3. The molecule has 61 heavy (non-hydrogen) atoms. The van der Waals surface area contributed by atoms with E-state index in [-0.39, 0.29) is 16.9 Å². The van der Waals surface area contributed by atoms with Crippen molar-refractivity contribution in [3.63, 3.8) is 0 Å². The van der Waals surface area contributed by atoms with Crippen LogP contribution in [0.4, 0.5) is 11.4 Å². The van der Waals surface area contributed by atoms with Crippen LogP contribution in [0.5, 0.6) is 0 Å². The summed E-state index contributed by atoms with van der Waals surface area (Å²) < 4.78 is 0. The molecule has 0 aromatic heterocycles. The van der Waals surface area contributed by atoms with Crippen LogP contribution < -0.4 is 10.6 Å². The molecule has 0 saturated heterocycles. The summed E-state index contributed by atoms with van der Waals surface area (Å²) in [5, 5.41) is 18.4. The summed E-state index contributed by atoms with van der Waals surface area (Å²) in [7, 11) is 0. The zero-order chi connectivity index (χ0) is 41.9. The lowest BCUT2D eigenvalue weighted by molar-refractivity contribution is 0.247. The Bertz CT molecular complexity index is 3070. The summed E-state index contributed by atoms with van der Waals surface area (Å²) >= 11 is 0. The largest absolute Gasteiger partial charge is 0.354 e. The van der Waals surface area contributed by atoms with Crippen LogP contribution in [0.1, 0.15) is 81.7 Å². The highest BCUT2D eigenvalue weighted by molar-refractivity contribution is 6.32. The highest BCUT2D eigenvalue weighted by atomic mass is 15.0. The van der Waals surface area contributed by atoms with Crippen molar-refractivity contribution in [3.8, 4) is 11.1 Å². The molecule has 0 heterocycles. The van der Waals surface area contributed by atoms with E-state index in [1.54, 1.807) is 0 Å². The number of hydrogen-bond acceptors (Lipinski definition) is 2. The van der Waals surface area contributed by atoms with Gasteiger partial charge in [0.15, 0.2) is 0 Å². The minimum absolute atomic E-state index is 0.0721. The molecule has 302 valence electrons. The van der Waals surface area contributed by atoms with Crippen molar-refractivity contribution in [2.45, 2.75) is 64.8 Å². The van der Waals surface area contributed by atoms with E-state index < -0.39 is 0 Å². The van der Waals surface area contributed by atoms with Crippen molar-refractivity contribution in [2.75, 3.05) is 11.9 Å². The van der Waals surface area contributed by atoms with Crippen LogP contribution in [-0.2, 0) is 11.0 Å². The van der Waals surface area contributed by atoms with Crippen LogP contribution >= 0.6 is 0 Å². The summed E-state index contributed by atoms with van der Waals surface area (Å²) in [4.78, 5) is 0. The highest BCUT2D eigenvalue weighted by Crippen LogP contribution is 2.54. The second-order valence-corrected chi connectivity index (χ2v) is 18.6. The standard InChI is InChI=1S/C59H56N2/c1-38(2)59(6,41-22-11-8-12-23-41)60-37-39(3)36-50(40-20-9-7-10-21-40)44-33-35-53(45-26-15-13-24-42(44)45)61-54-31-19-29-49-55(54)46-27-16-14-25-43(46)47-32-34-52-57(56(47)49)48-28-17-18-30-51(48)58(52,4)5/h7-35,38-39,50,60-61H,36-37H2,1-6H3. The molecule has 2 nitrogen and oxygen atoms in total. The van der Waals surface area contributed by atoms with Gasteiger partial charge in [-0.15, -0.1) is 0 Å². The van der Waals surface area contributed by atoms with Gasteiger partial charge in [0.25, 0.3) is 0 Å². The molecule has 10 rings (SSSR count). The Morgan fingerprint density at radius 1 is 0.508 bits per heavy atom. The Morgan fingerprint density at radius 2 is 1.13 bits per heavy atom. The van der Waals surface area contributed by atoms with Gasteiger partial charge in [-0.3, -0.25) is 0 Å². The smallest absolute Gasteiger partial charge is 0.0470 e. The normalized spacial score (nSPS) is 15.2. The van der Waals surface area contributed by atoms with Gasteiger partial charge in [-0.1, -0.05) is 198 Å². The van der Waals surface area contributed by atoms with Crippen molar-refractivity contribution < 1.29 is 0 Å². The zero-order valence-electron chi connectivity index (χ0n) is 36.4. The van der Waals surface area contributed by atoms with E-state index in [1.165, 1.54) is 82.0 Å². The molecule has 2 heteroatoms. The van der Waals surface area contributed by atoms with Crippen molar-refractivity contribution >= 4 is 54.5 Å². The van der Waals surface area contributed by atoms with Gasteiger partial charge in [0.2, 0.25) is 0 Å². The zero-order valence-corrected chi connectivity index (χ0v) is 36.4. The Morgan fingerprint density at radius 3 is 1.89 bits per heavy atom. The van der Waals surface area contributed by atoms with E-state index in [2.05, 4.69) is 228 Å². The van der Waals surface area contributed by atoms with Gasteiger partial charge < -0.3 is 10.6 Å². The Hall–Kier alpha value is -6.22. The lowest BCUT2D eigenvalue weighted by Crippen LogP contribution is -2.46. The molecule has 0 spiro atoms. The summed E-state index contributed by atoms with van der Waals surface area (Å²) in [6.07, 6.45) is 1.03. The van der Waals surface area contributed by atoms with Gasteiger partial charge >= 0.3 is 0 Å². The van der Waals surface area contributed by atoms with E-state index in [9.17, 15) is 0 Å². The van der Waals surface area contributed by atoms with Gasteiger partial charge in [0, 0.05) is 39.0 Å². The minimum Gasteiger partial charge on any atom is -0.354 e. The lowest BCUT2D eigenvalue weighted by atomic mass is 9.79. The van der Waals surface area contributed by atoms with Crippen molar-refractivity contribution in [3.05, 3.63) is 204 Å². The van der Waals surface area contributed by atoms with Crippen LogP contribution in [-0.4, -0.2) is 6.54 Å². The molecule has 0 bridgehead atoms. The molecule has 3 atom stereocenters. The number of nitrogens with one attached hydrogen (secondary N) is 2. The Balaban J connectivity index is 1.07. The fourth-order valence-electron chi connectivity index (χ4n) is 10.7. The van der Waals surface area contributed by atoms with Crippen LogP contribution in [0.15, 0.2) is 176 Å². The molecule has 0 radical (unpaired) electrons. The van der Waals surface area contributed by atoms with E-state index in [0.29, 0.717) is 11.8 Å². The second kappa shape index (κ2) is 15.4. The van der Waals surface area contributed by atoms with E-state index in [1.807, 2.05) is 0 Å². The predicted octanol–water partition coefficient (Wildman–Crippen LogP) is 15.7. The van der Waals surface area contributed by atoms with Crippen molar-refractivity contribution in [1.29, 1.82) is 0 Å². The molecule has 9 aromatic rings. The third kappa shape index (κ3) is 6.51. The number of fused-ring (bicyclic) bond motifs is 11. The van der Waals surface area contributed by atoms with Crippen LogP contribution in [0.2, 0.25) is 0 Å². The molecule has 0 saturated carbocycles. The molecular weight excluding hydrogens is 737 g/mol. The summed E-state index contributed by atoms with van der Waals surface area (Å²) in [5.74, 6) is 1.11. The van der Waals surface area contributed by atoms with Crippen molar-refractivity contribution in [2.24, 2.45) is 11.8 Å². The van der Waals surface area contributed by atoms with Gasteiger partial charge in [0.05, 0.1) is 0 Å². The maximum Gasteiger partial charge on any atom is 0.0470 e. The summed E-state index contributed by atoms with van der Waals surface area (Å²) in [6, 6.07) is 65.5. The fraction of sp³-hybridized carbons (Fsp3) is 0.220. The van der Waals surface area contributed by atoms with E-state index in [0.717, 1.165) is 24.3 Å². The lowest BCUT2D eigenvalue weighted by Gasteiger charge is -2.37. The van der Waals surface area contributed by atoms with E-state index in [4.69, 9.17) is 0 Å². The topological polar surface area (TPSA) is 24.1 Å². The minimum atomic E-state index is -0.113. The van der Waals surface area contributed by atoms with Gasteiger partial charge in [-0.2, -0.15) is 0 Å². The molecular formula is C59H56N2. The quantitative estimate of drug-likeness (QED) is 0.128. The third-order valence-corrected chi connectivity index (χ3v) is 14.4. The first-order valence-corrected chi connectivity index (χ1v) is 22.3. The van der Waals surface area contributed by atoms with Gasteiger partial charge in [0.1, 0.15) is 0 Å². The Kier molecular flexibility index (Phi) is 9.80. The number of rotatable bonds is 11. The van der Waals surface area contributed by atoms with E-state index >= 15 is 0 Å². The van der Waals surface area contributed by atoms with Gasteiger partial charge in [-0.25, -0.2) is 0 Å². The molecule has 2 N–H and O–H groups in total. The number of hydrogen-bond donors (Lipinski definition) is 2. The van der Waals surface area contributed by atoms with Crippen LogP contribution in [0.25, 0.3) is 54.2 Å². The van der Waals surface area contributed by atoms with Gasteiger partial charge in [-0.05, 0) is 115 Å². The first kappa shape index (κ1) is 38.9. The monoisotopic (exact) mass is 792 g/mol. The second-order valence-electron chi connectivity index (χ2n) is 18.6. The molecule has 0 aliphatic heterocycles. The summed E-state index contributed by atoms with van der Waals surface area (Å²) in [6.45, 7) is 15.1. The highest BCUT2D eigenvalue weighted by Gasteiger charge is 2.37. The average Bonchev–Trinajstić information content (AvgIpc) is 3.53. The maximum absolute atomic E-state index is 4.05. The summed E-state index contributed by atoms with van der Waals surface area (Å²) in [5.41, 5.74) is 11.7. The van der Waals surface area contributed by atoms with Crippen molar-refractivity contribution in [1.82, 2.24) is 5.32 Å². The third-order valence-electron chi connectivity index (χ3n) is 14.4. The first-order chi connectivity index (χ1) is 29.6.